The highest BCUT2D eigenvalue weighted by Crippen LogP contribution is 2.25. The van der Waals surface area contributed by atoms with Crippen molar-refractivity contribution in [1.29, 1.82) is 0 Å². The molecule has 3 nitrogen and oxygen atoms in total. The van der Waals surface area contributed by atoms with Crippen molar-refractivity contribution in [3.05, 3.63) is 29.8 Å². The van der Waals surface area contributed by atoms with Gasteiger partial charge in [0.15, 0.2) is 0 Å². The Bertz CT molecular complexity index is 395. The Kier molecular flexibility index (Phi) is 3.52. The molecular weight excluding hydrogens is 224 g/mol. The molecule has 0 bridgehead atoms. The number of hydrogen-bond donors (Lipinski definition) is 1. The van der Waals surface area contributed by atoms with Gasteiger partial charge in [-0.1, -0.05) is 12.1 Å². The van der Waals surface area contributed by atoms with Crippen LogP contribution in [0.25, 0.3) is 0 Å². The van der Waals surface area contributed by atoms with Gasteiger partial charge in [-0.3, -0.25) is 4.90 Å². The van der Waals surface area contributed by atoms with E-state index in [9.17, 15) is 0 Å². The fraction of sp³-hybridized carbons (Fsp3) is 0.600. The zero-order chi connectivity index (χ0) is 12.4. The van der Waals surface area contributed by atoms with Gasteiger partial charge in [0.2, 0.25) is 0 Å². The van der Waals surface area contributed by atoms with E-state index in [1.807, 2.05) is 6.07 Å². The Balaban J connectivity index is 1.43. The van der Waals surface area contributed by atoms with Crippen LogP contribution in [0.1, 0.15) is 5.56 Å². The third-order valence-electron chi connectivity index (χ3n) is 4.13. The third-order valence-corrected chi connectivity index (χ3v) is 4.13. The molecule has 0 amide bonds. The molecule has 3 rings (SSSR count). The van der Waals surface area contributed by atoms with Crippen molar-refractivity contribution in [3.8, 4) is 5.75 Å². The maximum Gasteiger partial charge on any atom is 0.119 e. The highest BCUT2D eigenvalue weighted by Gasteiger charge is 2.35. The Labute approximate surface area is 109 Å². The van der Waals surface area contributed by atoms with Crippen molar-refractivity contribution in [3.63, 3.8) is 0 Å². The van der Waals surface area contributed by atoms with E-state index in [-0.39, 0.29) is 0 Å². The smallest absolute Gasteiger partial charge is 0.119 e. The number of benzene rings is 1. The van der Waals surface area contributed by atoms with E-state index >= 15 is 0 Å². The minimum Gasteiger partial charge on any atom is -0.492 e. The van der Waals surface area contributed by atoms with E-state index in [4.69, 9.17) is 4.74 Å². The number of fused-ring (bicyclic) bond motifs is 1. The summed E-state index contributed by atoms with van der Waals surface area (Å²) in [7, 11) is 0. The van der Waals surface area contributed by atoms with Gasteiger partial charge in [-0.05, 0) is 49.5 Å². The average Bonchev–Trinajstić information content (AvgIpc) is 2.89. The molecule has 1 N–H and O–H groups in total. The van der Waals surface area contributed by atoms with E-state index in [0.29, 0.717) is 0 Å². The minimum absolute atomic E-state index is 0.802. The zero-order valence-corrected chi connectivity index (χ0v) is 11.1. The van der Waals surface area contributed by atoms with Gasteiger partial charge in [-0.15, -0.1) is 0 Å². The molecule has 2 heterocycles. The second kappa shape index (κ2) is 5.29. The van der Waals surface area contributed by atoms with Gasteiger partial charge in [0.05, 0.1) is 0 Å². The van der Waals surface area contributed by atoms with E-state index in [1.165, 1.54) is 31.7 Å². The molecule has 2 saturated heterocycles. The quantitative estimate of drug-likeness (QED) is 0.872. The molecule has 18 heavy (non-hydrogen) atoms. The first-order valence-electron chi connectivity index (χ1n) is 6.94. The van der Waals surface area contributed by atoms with Crippen LogP contribution in [-0.4, -0.2) is 44.2 Å². The summed E-state index contributed by atoms with van der Waals surface area (Å²) in [5.41, 5.74) is 1.26. The first-order chi connectivity index (χ1) is 8.81. The molecule has 2 fully saturated rings. The number of ether oxygens (including phenoxy) is 1. The van der Waals surface area contributed by atoms with Crippen LogP contribution < -0.4 is 10.1 Å². The number of nitrogens with zero attached hydrogens (tertiary/aromatic N) is 1. The fourth-order valence-electron chi connectivity index (χ4n) is 3.13. The number of aryl methyl sites for hydroxylation is 1. The van der Waals surface area contributed by atoms with Gasteiger partial charge < -0.3 is 10.1 Å². The van der Waals surface area contributed by atoms with Crippen LogP contribution in [0.15, 0.2) is 24.3 Å². The van der Waals surface area contributed by atoms with Crippen LogP contribution in [0.4, 0.5) is 0 Å². The van der Waals surface area contributed by atoms with Gasteiger partial charge in [0.1, 0.15) is 12.4 Å². The second-order valence-electron chi connectivity index (χ2n) is 5.60. The van der Waals surface area contributed by atoms with Crippen molar-refractivity contribution in [1.82, 2.24) is 10.2 Å². The predicted octanol–water partition coefficient (Wildman–Crippen LogP) is 1.53. The van der Waals surface area contributed by atoms with E-state index in [0.717, 1.165) is 30.7 Å². The summed E-state index contributed by atoms with van der Waals surface area (Å²) < 4.78 is 5.81. The molecule has 0 radical (unpaired) electrons. The van der Waals surface area contributed by atoms with Crippen molar-refractivity contribution in [2.75, 3.05) is 39.3 Å². The molecule has 2 aliphatic heterocycles. The Morgan fingerprint density at radius 1 is 1.28 bits per heavy atom. The Morgan fingerprint density at radius 3 is 2.78 bits per heavy atom. The number of rotatable bonds is 4. The molecule has 2 unspecified atom stereocenters. The van der Waals surface area contributed by atoms with E-state index in [1.54, 1.807) is 0 Å². The summed E-state index contributed by atoms with van der Waals surface area (Å²) in [6.07, 6.45) is 0. The Hall–Kier alpha value is -1.06. The molecule has 0 spiro atoms. The summed E-state index contributed by atoms with van der Waals surface area (Å²) >= 11 is 0. The minimum atomic E-state index is 0.802. The average molecular weight is 246 g/mol. The molecule has 0 saturated carbocycles. The summed E-state index contributed by atoms with van der Waals surface area (Å²) in [5.74, 6) is 2.75. The zero-order valence-electron chi connectivity index (χ0n) is 11.1. The molecule has 2 atom stereocenters. The summed E-state index contributed by atoms with van der Waals surface area (Å²) in [6.45, 7) is 8.86. The van der Waals surface area contributed by atoms with E-state index < -0.39 is 0 Å². The van der Waals surface area contributed by atoms with Gasteiger partial charge in [-0.2, -0.15) is 0 Å². The molecule has 2 aliphatic rings. The van der Waals surface area contributed by atoms with Gasteiger partial charge in [0.25, 0.3) is 0 Å². The largest absolute Gasteiger partial charge is 0.492 e. The first kappa shape index (κ1) is 12.0. The lowest BCUT2D eigenvalue weighted by molar-refractivity contribution is 0.228. The fourth-order valence-corrected chi connectivity index (χ4v) is 3.13. The maximum absolute atomic E-state index is 5.81. The van der Waals surface area contributed by atoms with Crippen molar-refractivity contribution in [2.24, 2.45) is 11.8 Å². The molecule has 98 valence electrons. The summed E-state index contributed by atoms with van der Waals surface area (Å²) in [4.78, 5) is 2.55. The molecule has 0 aromatic heterocycles. The van der Waals surface area contributed by atoms with Crippen molar-refractivity contribution in [2.45, 2.75) is 6.92 Å². The standard InChI is InChI=1S/C15H22N2O/c1-12-3-2-4-15(7-12)18-6-5-17-10-13-8-16-9-14(13)11-17/h2-4,7,13-14,16H,5-6,8-11H2,1H3. The van der Waals surface area contributed by atoms with Crippen LogP contribution in [0.3, 0.4) is 0 Å². The highest BCUT2D eigenvalue weighted by molar-refractivity contribution is 5.27. The number of nitrogens with one attached hydrogen (secondary N) is 1. The third kappa shape index (κ3) is 2.68. The van der Waals surface area contributed by atoms with Gasteiger partial charge in [-0.25, -0.2) is 0 Å². The highest BCUT2D eigenvalue weighted by atomic mass is 16.5. The molecular formula is C15H22N2O. The van der Waals surface area contributed by atoms with Crippen LogP contribution in [0, 0.1) is 18.8 Å². The molecule has 1 aromatic rings. The first-order valence-corrected chi connectivity index (χ1v) is 6.94. The maximum atomic E-state index is 5.81. The van der Waals surface area contributed by atoms with E-state index in [2.05, 4.69) is 35.3 Å². The molecule has 3 heteroatoms. The number of likely N-dealkylation sites (tertiary alicyclic amines) is 1. The van der Waals surface area contributed by atoms with Gasteiger partial charge in [0, 0.05) is 19.6 Å². The topological polar surface area (TPSA) is 24.5 Å². The van der Waals surface area contributed by atoms with Crippen LogP contribution in [0.2, 0.25) is 0 Å². The number of hydrogen-bond acceptors (Lipinski definition) is 3. The lowest BCUT2D eigenvalue weighted by Crippen LogP contribution is -2.29. The summed E-state index contributed by atoms with van der Waals surface area (Å²) in [6, 6.07) is 8.29. The van der Waals surface area contributed by atoms with Crippen LogP contribution in [-0.2, 0) is 0 Å². The Morgan fingerprint density at radius 2 is 2.06 bits per heavy atom. The second-order valence-corrected chi connectivity index (χ2v) is 5.60. The summed E-state index contributed by atoms with van der Waals surface area (Å²) in [5, 5.41) is 3.48. The predicted molar refractivity (Wildman–Crippen MR) is 73.0 cm³/mol. The molecule has 0 aliphatic carbocycles. The van der Waals surface area contributed by atoms with Gasteiger partial charge >= 0.3 is 0 Å². The SMILES string of the molecule is Cc1cccc(OCCN2CC3CNCC3C2)c1. The molecule has 1 aromatic carbocycles. The van der Waals surface area contributed by atoms with Crippen LogP contribution in [0.5, 0.6) is 5.75 Å². The van der Waals surface area contributed by atoms with Crippen molar-refractivity contribution < 1.29 is 4.74 Å². The lowest BCUT2D eigenvalue weighted by atomic mass is 10.0. The lowest BCUT2D eigenvalue weighted by Gasteiger charge is -2.17. The van der Waals surface area contributed by atoms with Crippen molar-refractivity contribution >= 4 is 0 Å². The normalized spacial score (nSPS) is 27.4. The van der Waals surface area contributed by atoms with Crippen LogP contribution >= 0.6 is 0 Å². The monoisotopic (exact) mass is 246 g/mol.